The lowest BCUT2D eigenvalue weighted by Crippen LogP contribution is -2.63. The molecule has 0 saturated carbocycles. The Balaban J connectivity index is 2.37. The van der Waals surface area contributed by atoms with Crippen LogP contribution in [-0.2, 0) is 42.1 Å². The van der Waals surface area contributed by atoms with Gasteiger partial charge in [-0.05, 0) is 138 Å². The van der Waals surface area contributed by atoms with Gasteiger partial charge in [-0.25, -0.2) is 0 Å². The summed E-state index contributed by atoms with van der Waals surface area (Å²) >= 11 is 0. The number of carbonyl (C=O) groups is 1. The van der Waals surface area contributed by atoms with Gasteiger partial charge in [-0.3, -0.25) is 4.79 Å². The van der Waals surface area contributed by atoms with E-state index in [1.165, 1.54) is 6.92 Å². The molecule has 3 saturated heterocycles. The van der Waals surface area contributed by atoms with Gasteiger partial charge in [0.25, 0.3) is 0 Å². The van der Waals surface area contributed by atoms with Crippen LogP contribution in [0.5, 0.6) is 0 Å². The van der Waals surface area contributed by atoms with Gasteiger partial charge in [-0.1, -0.05) is 48.5 Å². The third-order valence-corrected chi connectivity index (χ3v) is 21.5. The number of nitrogens with zero attached hydrogens (tertiary/aromatic N) is 2. The number of likely N-dealkylation sites (N-methyl/N-ethyl adjacent to an activating group) is 1. The molecular weight excluding hydrogens is 907 g/mol. The van der Waals surface area contributed by atoms with Gasteiger partial charge in [0.2, 0.25) is 0 Å². The van der Waals surface area contributed by atoms with Gasteiger partial charge in [0.1, 0.15) is 17.8 Å². The van der Waals surface area contributed by atoms with E-state index >= 15 is 0 Å². The van der Waals surface area contributed by atoms with E-state index in [2.05, 4.69) is 83.1 Å². The molecule has 3 rings (SSSR count). The maximum absolute atomic E-state index is 14.8. The van der Waals surface area contributed by atoms with Crippen LogP contribution in [0.3, 0.4) is 0 Å². The van der Waals surface area contributed by atoms with Crippen molar-refractivity contribution >= 4 is 36.6 Å². The third-order valence-electron chi connectivity index (χ3n) is 15.1. The molecule has 3 aliphatic rings. The average molecular weight is 1010 g/mol. The molecule has 0 unspecified atom stereocenters. The molecule has 0 aromatic carbocycles. The number of ether oxygens (including phenoxy) is 6. The monoisotopic (exact) mass is 1010 g/mol. The Hall–Kier alpha value is -0.849. The summed E-state index contributed by atoms with van der Waals surface area (Å²) < 4.78 is 53.9. The molecule has 18 heteroatoms. The third kappa shape index (κ3) is 15.1. The van der Waals surface area contributed by atoms with E-state index in [-0.39, 0.29) is 42.6 Å². The Bertz CT molecular complexity index is 1630. The minimum Gasteiger partial charge on any atom is -0.459 e. The number of aliphatic hydroxyl groups excluding tert-OH is 1. The lowest BCUT2D eigenvalue weighted by molar-refractivity contribution is -0.315. The van der Waals surface area contributed by atoms with Crippen LogP contribution in [-0.4, -0.2) is 162 Å². The Kier molecular flexibility index (Phi) is 20.3. The van der Waals surface area contributed by atoms with Crippen LogP contribution < -0.4 is 5.09 Å². The standard InChI is InChI=1S/C49H99N3O12Si3/c1-25-36-49(13,56)41(53)31(4)38(50-51-67(23,24)46(8,9)10)29(2)27-47(11,55)42(62-45-40(63-65(17,18)19)35(52(14)15)26-30(3)58-45)32(5)39(33(6)44(54)60-36)61-37-28-48(12,57-16)43(34(7)59-37)64-66(20,21)22/h29-37,39-43,45,51,53,55-56H,25-28H2,1-24H3/b50-38+/t29-,30-,31+,32+,33-,34+,35+,36-,37+,39+,40-,41-,42-,43+,45+,47-,48-,49-/m1/s1. The van der Waals surface area contributed by atoms with E-state index in [0.29, 0.717) is 12.1 Å². The highest BCUT2D eigenvalue weighted by Gasteiger charge is 2.55. The topological polar surface area (TPSA) is 179 Å². The van der Waals surface area contributed by atoms with Gasteiger partial charge in [0.15, 0.2) is 37.5 Å². The Morgan fingerprint density at radius 2 is 1.40 bits per heavy atom. The second kappa shape index (κ2) is 22.5. The Labute approximate surface area is 409 Å². The summed E-state index contributed by atoms with van der Waals surface area (Å²) in [5.41, 5.74) is -3.78. The van der Waals surface area contributed by atoms with Crippen molar-refractivity contribution < 1.29 is 57.4 Å². The number of cyclic esters (lactones) is 1. The number of esters is 1. The van der Waals surface area contributed by atoms with Gasteiger partial charge in [-0.15, -0.1) is 0 Å². The van der Waals surface area contributed by atoms with Crippen molar-refractivity contribution in [1.82, 2.24) is 9.99 Å². The molecule has 15 nitrogen and oxygen atoms in total. The van der Waals surface area contributed by atoms with Gasteiger partial charge in [0, 0.05) is 37.1 Å². The number of nitrogens with one attached hydrogen (secondary N) is 1. The van der Waals surface area contributed by atoms with Crippen molar-refractivity contribution in [2.75, 3.05) is 21.2 Å². The number of hydrazone groups is 1. The normalized spacial score (nSPS) is 42.4. The lowest BCUT2D eigenvalue weighted by Gasteiger charge is -2.51. The van der Waals surface area contributed by atoms with Crippen molar-refractivity contribution in [3.05, 3.63) is 0 Å². The van der Waals surface area contributed by atoms with Gasteiger partial charge < -0.3 is 62.6 Å². The van der Waals surface area contributed by atoms with Gasteiger partial charge in [0.05, 0.1) is 53.7 Å². The maximum atomic E-state index is 14.8. The number of hydrogen-bond acceptors (Lipinski definition) is 15. The van der Waals surface area contributed by atoms with Gasteiger partial charge in [-0.2, -0.15) is 5.10 Å². The summed E-state index contributed by atoms with van der Waals surface area (Å²) in [5.74, 6) is -3.55. The fourth-order valence-electron chi connectivity index (χ4n) is 10.1. The van der Waals surface area contributed by atoms with E-state index in [1.54, 1.807) is 21.0 Å². The van der Waals surface area contributed by atoms with E-state index < -0.39 is 121 Å². The molecule has 0 spiro atoms. The molecule has 18 atom stereocenters. The molecule has 0 aromatic rings. The summed E-state index contributed by atoms with van der Waals surface area (Å²) in [6.45, 7) is 42.3. The molecule has 3 fully saturated rings. The van der Waals surface area contributed by atoms with Crippen LogP contribution in [0.15, 0.2) is 5.10 Å². The number of aliphatic hydroxyl groups is 3. The number of hydrogen-bond donors (Lipinski definition) is 4. The second-order valence-electron chi connectivity index (χ2n) is 25.0. The smallest absolute Gasteiger partial charge is 0.311 e. The number of rotatable bonds is 13. The first-order valence-electron chi connectivity index (χ1n) is 25.1. The highest BCUT2D eigenvalue weighted by Crippen LogP contribution is 2.43. The predicted molar refractivity (Wildman–Crippen MR) is 273 cm³/mol. The molecule has 394 valence electrons. The van der Waals surface area contributed by atoms with Crippen molar-refractivity contribution in [3.63, 3.8) is 0 Å². The molecule has 0 radical (unpaired) electrons. The van der Waals surface area contributed by atoms with Crippen molar-refractivity contribution in [2.45, 2.75) is 257 Å². The highest BCUT2D eigenvalue weighted by atomic mass is 28.4. The largest absolute Gasteiger partial charge is 0.459 e. The quantitative estimate of drug-likeness (QED) is 0.0795. The van der Waals surface area contributed by atoms with Crippen LogP contribution in [0.25, 0.3) is 0 Å². The molecule has 4 N–H and O–H groups in total. The van der Waals surface area contributed by atoms with Crippen molar-refractivity contribution in [3.8, 4) is 0 Å². The molecule has 0 aromatic heterocycles. The van der Waals surface area contributed by atoms with Crippen LogP contribution in [0.2, 0.25) is 57.4 Å². The minimum atomic E-state index is -2.24. The molecule has 0 bridgehead atoms. The molecule has 0 aliphatic carbocycles. The fraction of sp³-hybridized carbons (Fsp3) is 0.959. The Morgan fingerprint density at radius 3 is 1.90 bits per heavy atom. The lowest BCUT2D eigenvalue weighted by atomic mass is 9.73. The van der Waals surface area contributed by atoms with Crippen molar-refractivity contribution in [1.29, 1.82) is 0 Å². The maximum Gasteiger partial charge on any atom is 0.311 e. The molecule has 67 heavy (non-hydrogen) atoms. The number of methoxy groups -OCH3 is 1. The summed E-state index contributed by atoms with van der Waals surface area (Å²) in [4.78, 5) is 16.9. The first-order valence-corrected chi connectivity index (χ1v) is 34.9. The van der Waals surface area contributed by atoms with Gasteiger partial charge >= 0.3 is 5.97 Å². The van der Waals surface area contributed by atoms with E-state index in [4.69, 9.17) is 42.4 Å². The molecular formula is C49H99N3O12Si3. The molecule has 3 aliphatic heterocycles. The second-order valence-corrected chi connectivity index (χ2v) is 38.9. The van der Waals surface area contributed by atoms with E-state index in [9.17, 15) is 20.1 Å². The zero-order valence-corrected chi connectivity index (χ0v) is 49.4. The minimum absolute atomic E-state index is 0.0597. The fourth-order valence-corrected chi connectivity index (χ4v) is 13.1. The van der Waals surface area contributed by atoms with Crippen molar-refractivity contribution in [2.24, 2.45) is 28.8 Å². The summed E-state index contributed by atoms with van der Waals surface area (Å²) in [6, 6.07) is -0.0597. The highest BCUT2D eigenvalue weighted by molar-refractivity contribution is 6.77. The Morgan fingerprint density at radius 1 is 0.836 bits per heavy atom. The van der Waals surface area contributed by atoms with E-state index in [0.717, 1.165) is 0 Å². The summed E-state index contributed by atoms with van der Waals surface area (Å²) in [5, 5.41) is 46.4. The number of carbonyl (C=O) groups excluding carboxylic acids is 1. The molecule has 0 amide bonds. The predicted octanol–water partition coefficient (Wildman–Crippen LogP) is 7.89. The SMILES string of the molecule is CC[C@H]1OC(=O)[C@H](C)[C@@H](O[C@H]2C[C@@](C)(OC)[C@@H](O[Si](C)(C)C)[C@H](C)O2)[C@H](C)[C@@H](O[C@@H]2O[C@H](C)C[C@H](N(C)C)[C@H]2O[Si](C)(C)C)[C@](C)(O)C[C@@H](C)/C(=N\N[Si](C)(C)C(C)(C)C)[C@H](C)[C@@H](O)[C@]1(C)O. The van der Waals surface area contributed by atoms with Crippen LogP contribution in [0.4, 0.5) is 0 Å². The van der Waals surface area contributed by atoms with Crippen LogP contribution >= 0.6 is 0 Å². The average Bonchev–Trinajstić information content (AvgIpc) is 3.17. The first-order chi connectivity index (χ1) is 30.2. The summed E-state index contributed by atoms with van der Waals surface area (Å²) in [7, 11) is -0.771. The van der Waals surface area contributed by atoms with E-state index in [1.807, 2.05) is 62.6 Å². The first kappa shape index (κ1) is 60.5. The molecule has 3 heterocycles. The van der Waals surface area contributed by atoms with Crippen LogP contribution in [0.1, 0.15) is 116 Å². The zero-order valence-electron chi connectivity index (χ0n) is 46.4. The van der Waals surface area contributed by atoms with Crippen LogP contribution in [0, 0.1) is 23.7 Å². The summed E-state index contributed by atoms with van der Waals surface area (Å²) in [6.07, 6.45) is -6.51. The zero-order chi connectivity index (χ0) is 51.8.